The molecule has 6 aromatic rings. The fourth-order valence-electron chi connectivity index (χ4n) is 4.70. The molecule has 10 nitrogen and oxygen atoms in total. The van der Waals surface area contributed by atoms with Crippen LogP contribution in [0.2, 0.25) is 0 Å². The number of carbonyl (C=O) groups excluding carboxylic acids is 1. The number of benzene rings is 3. The van der Waals surface area contributed by atoms with Crippen molar-refractivity contribution < 1.29 is 22.7 Å². The smallest absolute Gasteiger partial charge is 0.416 e. The van der Waals surface area contributed by atoms with Crippen molar-refractivity contribution in [2.24, 2.45) is 0 Å². The Labute approximate surface area is 265 Å². The molecule has 3 heterocycles. The Kier molecular flexibility index (Phi) is 8.03. The lowest BCUT2D eigenvalue weighted by Gasteiger charge is -2.14. The molecule has 4 N–H and O–H groups in total. The minimum absolute atomic E-state index is 0.100. The van der Waals surface area contributed by atoms with Gasteiger partial charge in [-0.1, -0.05) is 54.6 Å². The Morgan fingerprint density at radius 3 is 2.39 bits per heavy atom. The fourth-order valence-corrected chi connectivity index (χ4v) is 4.91. The van der Waals surface area contributed by atoms with Crippen LogP contribution in [-0.4, -0.2) is 35.9 Å². The van der Waals surface area contributed by atoms with Gasteiger partial charge < -0.3 is 21.1 Å². The second-order valence-electron chi connectivity index (χ2n) is 9.97. The van der Waals surface area contributed by atoms with Crippen LogP contribution in [0.5, 0.6) is 5.75 Å². The first kappa shape index (κ1) is 30.1. The number of thiocarbonyl (C=S) groups is 1. The van der Waals surface area contributed by atoms with E-state index >= 15 is 0 Å². The molecular formula is C32H23F3N8O2S. The molecular weight excluding hydrogens is 617 g/mol. The van der Waals surface area contributed by atoms with Gasteiger partial charge in [-0.3, -0.25) is 0 Å². The molecule has 0 bridgehead atoms. The van der Waals surface area contributed by atoms with Crippen molar-refractivity contribution in [1.82, 2.24) is 24.8 Å². The number of hydrogen-bond donors (Lipinski definition) is 3. The van der Waals surface area contributed by atoms with Gasteiger partial charge in [0.1, 0.15) is 11.4 Å². The quantitative estimate of drug-likeness (QED) is 0.102. The molecule has 3 aromatic carbocycles. The van der Waals surface area contributed by atoms with Gasteiger partial charge >= 0.3 is 12.1 Å². The number of anilines is 3. The Balaban J connectivity index is 1.19. The van der Waals surface area contributed by atoms with Gasteiger partial charge in [-0.25, -0.2) is 9.78 Å². The first-order chi connectivity index (χ1) is 22.1. The topological polar surface area (TPSA) is 132 Å². The van der Waals surface area contributed by atoms with E-state index in [0.29, 0.717) is 28.5 Å². The largest absolute Gasteiger partial charge is 0.421 e. The normalized spacial score (nSPS) is 11.3. The highest BCUT2D eigenvalue weighted by Gasteiger charge is 2.31. The minimum Gasteiger partial charge on any atom is -0.421 e. The van der Waals surface area contributed by atoms with Crippen LogP contribution >= 0.6 is 12.2 Å². The van der Waals surface area contributed by atoms with Crippen molar-refractivity contribution in [2.45, 2.75) is 13.1 Å². The van der Waals surface area contributed by atoms with Crippen molar-refractivity contribution in [3.63, 3.8) is 0 Å². The zero-order valence-corrected chi connectivity index (χ0v) is 24.7. The van der Waals surface area contributed by atoms with E-state index in [1.807, 2.05) is 36.4 Å². The summed E-state index contributed by atoms with van der Waals surface area (Å²) in [6.45, 7) is 1.61. The van der Waals surface area contributed by atoms with Gasteiger partial charge in [-0.05, 0) is 61.1 Å². The molecule has 0 aliphatic carbocycles. The van der Waals surface area contributed by atoms with Gasteiger partial charge in [0.25, 0.3) is 0 Å². The number of nitrogens with one attached hydrogen (secondary N) is 2. The van der Waals surface area contributed by atoms with Crippen LogP contribution in [0.4, 0.5) is 30.5 Å². The average Bonchev–Trinajstić information content (AvgIpc) is 3.39. The standard InChI is InChI=1S/C32H23F3N8O2S/c1-18-27(20-10-7-11-21(16-20)32(33,34)35)29-37-17-22(28(36)43(29)42-18)30(44)45-25-13-6-5-12-24(25)38-31(46)39-26-15-14-23(40-41-26)19-8-3-2-4-9-19/h2-17H,36H2,1H3,(H2,38,39,41,46). The van der Waals surface area contributed by atoms with Crippen LogP contribution in [0.3, 0.4) is 0 Å². The summed E-state index contributed by atoms with van der Waals surface area (Å²) in [5.41, 5.74) is 8.56. The summed E-state index contributed by atoms with van der Waals surface area (Å²) in [7, 11) is 0. The van der Waals surface area contributed by atoms with Crippen LogP contribution < -0.4 is 21.1 Å². The zero-order chi connectivity index (χ0) is 32.4. The molecule has 0 radical (unpaired) electrons. The van der Waals surface area contributed by atoms with E-state index in [2.05, 4.69) is 30.9 Å². The zero-order valence-electron chi connectivity index (χ0n) is 23.9. The van der Waals surface area contributed by atoms with Crippen molar-refractivity contribution >= 4 is 46.3 Å². The number of para-hydroxylation sites is 2. The van der Waals surface area contributed by atoms with Gasteiger partial charge in [-0.15, -0.1) is 10.2 Å². The summed E-state index contributed by atoms with van der Waals surface area (Å²) in [5.74, 6) is -0.395. The Morgan fingerprint density at radius 1 is 0.913 bits per heavy atom. The van der Waals surface area contributed by atoms with Gasteiger partial charge in [0.05, 0.1) is 22.6 Å². The van der Waals surface area contributed by atoms with E-state index in [4.69, 9.17) is 22.7 Å². The first-order valence-corrected chi connectivity index (χ1v) is 14.1. The molecule has 3 aromatic heterocycles. The number of esters is 1. The highest BCUT2D eigenvalue weighted by atomic mass is 32.1. The molecule has 0 amide bonds. The number of nitrogens with zero attached hydrogens (tertiary/aromatic N) is 5. The van der Waals surface area contributed by atoms with Crippen LogP contribution in [0.25, 0.3) is 28.0 Å². The third kappa shape index (κ3) is 6.19. The fraction of sp³-hybridized carbons (Fsp3) is 0.0625. The maximum atomic E-state index is 13.3. The number of halogens is 3. The Bertz CT molecular complexity index is 2080. The molecule has 0 atom stereocenters. The number of nitrogen functional groups attached to an aromatic ring is 1. The van der Waals surface area contributed by atoms with Crippen molar-refractivity contribution in [2.75, 3.05) is 16.4 Å². The number of ether oxygens (including phenoxy) is 1. The summed E-state index contributed by atoms with van der Waals surface area (Å²) in [5, 5.41) is 18.8. The summed E-state index contributed by atoms with van der Waals surface area (Å²) in [6.07, 6.45) is -3.32. The van der Waals surface area contributed by atoms with Crippen molar-refractivity contribution in [3.05, 3.63) is 114 Å². The van der Waals surface area contributed by atoms with Crippen LogP contribution in [-0.2, 0) is 6.18 Å². The molecule has 0 fully saturated rings. The molecule has 46 heavy (non-hydrogen) atoms. The van der Waals surface area contributed by atoms with Crippen LogP contribution in [0.15, 0.2) is 97.2 Å². The Hall–Kier alpha value is -5.89. The molecule has 14 heteroatoms. The van der Waals surface area contributed by atoms with E-state index in [9.17, 15) is 18.0 Å². The maximum absolute atomic E-state index is 13.3. The SMILES string of the molecule is Cc1nn2c(N)c(C(=O)Oc3ccccc3NC(=S)Nc3ccc(-c4ccccc4)nn3)cnc2c1-c1cccc(C(F)(F)F)c1. The summed E-state index contributed by atoms with van der Waals surface area (Å²) < 4.78 is 46.9. The molecule has 230 valence electrons. The van der Waals surface area contributed by atoms with Gasteiger partial charge in [0, 0.05) is 17.3 Å². The maximum Gasteiger partial charge on any atom is 0.416 e. The lowest BCUT2D eigenvalue weighted by molar-refractivity contribution is -0.137. The first-order valence-electron chi connectivity index (χ1n) is 13.7. The number of alkyl halides is 3. The Morgan fingerprint density at radius 2 is 1.65 bits per heavy atom. The molecule has 0 aliphatic heterocycles. The molecule has 0 spiro atoms. The minimum atomic E-state index is -4.52. The molecule has 6 rings (SSSR count). The molecule has 0 aliphatic rings. The second kappa shape index (κ2) is 12.2. The predicted octanol–water partition coefficient (Wildman–Crippen LogP) is 6.79. The van der Waals surface area contributed by atoms with E-state index in [1.165, 1.54) is 22.8 Å². The number of carbonyl (C=O) groups is 1. The highest BCUT2D eigenvalue weighted by Crippen LogP contribution is 2.35. The third-order valence-corrected chi connectivity index (χ3v) is 7.07. The second-order valence-corrected chi connectivity index (χ2v) is 10.4. The lowest BCUT2D eigenvalue weighted by Crippen LogP contribution is -2.21. The summed E-state index contributed by atoms with van der Waals surface area (Å²) >= 11 is 5.43. The molecule has 0 saturated heterocycles. The van der Waals surface area contributed by atoms with E-state index in [0.717, 1.165) is 17.7 Å². The number of hydrogen-bond acceptors (Lipinski definition) is 8. The van der Waals surface area contributed by atoms with Crippen LogP contribution in [0.1, 0.15) is 21.6 Å². The number of fused-ring (bicyclic) bond motifs is 1. The number of nitrogens with two attached hydrogens (primary N) is 1. The van der Waals surface area contributed by atoms with E-state index in [-0.39, 0.29) is 33.5 Å². The third-order valence-electron chi connectivity index (χ3n) is 6.87. The van der Waals surface area contributed by atoms with E-state index < -0.39 is 17.7 Å². The summed E-state index contributed by atoms with van der Waals surface area (Å²) in [6, 6.07) is 24.6. The lowest BCUT2D eigenvalue weighted by atomic mass is 10.0. The van der Waals surface area contributed by atoms with Crippen LogP contribution in [0, 0.1) is 6.92 Å². The number of rotatable bonds is 6. The number of aryl methyl sites for hydroxylation is 1. The monoisotopic (exact) mass is 640 g/mol. The van der Waals surface area contributed by atoms with E-state index in [1.54, 1.807) is 37.3 Å². The number of aromatic nitrogens is 5. The summed E-state index contributed by atoms with van der Waals surface area (Å²) in [4.78, 5) is 17.6. The van der Waals surface area contributed by atoms with Gasteiger partial charge in [0.15, 0.2) is 22.3 Å². The molecule has 0 unspecified atom stereocenters. The predicted molar refractivity (Wildman–Crippen MR) is 171 cm³/mol. The van der Waals surface area contributed by atoms with Gasteiger partial charge in [0.2, 0.25) is 0 Å². The molecule has 0 saturated carbocycles. The average molecular weight is 641 g/mol. The van der Waals surface area contributed by atoms with Gasteiger partial charge in [-0.2, -0.15) is 22.8 Å². The highest BCUT2D eigenvalue weighted by molar-refractivity contribution is 7.80. The van der Waals surface area contributed by atoms with Crippen molar-refractivity contribution in [3.8, 4) is 28.1 Å². The van der Waals surface area contributed by atoms with Crippen molar-refractivity contribution in [1.29, 1.82) is 0 Å².